The zero-order valence-corrected chi connectivity index (χ0v) is 12.9. The fourth-order valence-electron chi connectivity index (χ4n) is 1.60. The Morgan fingerprint density at radius 3 is 2.00 bits per heavy atom. The van der Waals surface area contributed by atoms with Gasteiger partial charge in [0, 0.05) is 20.6 Å². The molecule has 3 nitrogen and oxygen atoms in total. The van der Waals surface area contributed by atoms with Crippen molar-refractivity contribution in [2.45, 2.75) is 0 Å². The predicted molar refractivity (Wildman–Crippen MR) is 85.3 cm³/mol. The standard InChI is InChI=1S/C13H8Cl4N2O/c14-7-1-6(2-8(15)3-7)13(20)19-12-10(17)4-9(16)5-11(12)18/h1-5H,18H2,(H,19,20). The molecule has 0 saturated heterocycles. The number of rotatable bonds is 2. The maximum atomic E-state index is 12.1. The number of carbonyl (C=O) groups is 1. The van der Waals surface area contributed by atoms with Crippen LogP contribution in [0.5, 0.6) is 0 Å². The topological polar surface area (TPSA) is 55.1 Å². The van der Waals surface area contributed by atoms with Gasteiger partial charge in [0.25, 0.3) is 5.91 Å². The Morgan fingerprint density at radius 1 is 0.900 bits per heavy atom. The number of halogens is 4. The largest absolute Gasteiger partial charge is 0.397 e. The van der Waals surface area contributed by atoms with Gasteiger partial charge in [-0.1, -0.05) is 46.4 Å². The number of hydrogen-bond donors (Lipinski definition) is 2. The molecule has 0 aliphatic carbocycles. The molecular weight excluding hydrogens is 342 g/mol. The fraction of sp³-hybridized carbons (Fsp3) is 0. The summed E-state index contributed by atoms with van der Waals surface area (Å²) in [5, 5.41) is 3.96. The maximum absolute atomic E-state index is 12.1. The number of carbonyl (C=O) groups excluding carboxylic acids is 1. The van der Waals surface area contributed by atoms with Gasteiger partial charge in [-0.3, -0.25) is 4.79 Å². The molecule has 2 aromatic carbocycles. The number of hydrogen-bond acceptors (Lipinski definition) is 2. The average Bonchev–Trinajstić information content (AvgIpc) is 2.32. The van der Waals surface area contributed by atoms with Crippen molar-refractivity contribution < 1.29 is 4.79 Å². The first-order valence-electron chi connectivity index (χ1n) is 5.39. The van der Waals surface area contributed by atoms with E-state index in [1.807, 2.05) is 0 Å². The van der Waals surface area contributed by atoms with Crippen LogP contribution in [0.2, 0.25) is 20.1 Å². The Morgan fingerprint density at radius 2 is 1.45 bits per heavy atom. The molecule has 2 aromatic rings. The van der Waals surface area contributed by atoms with Crippen molar-refractivity contribution in [1.29, 1.82) is 0 Å². The highest BCUT2D eigenvalue weighted by Gasteiger charge is 2.13. The van der Waals surface area contributed by atoms with Gasteiger partial charge in [-0.25, -0.2) is 0 Å². The fourth-order valence-corrected chi connectivity index (χ4v) is 2.68. The molecule has 0 radical (unpaired) electrons. The van der Waals surface area contributed by atoms with Crippen LogP contribution in [0.1, 0.15) is 10.4 Å². The van der Waals surface area contributed by atoms with E-state index in [0.29, 0.717) is 20.6 Å². The van der Waals surface area contributed by atoms with Crippen molar-refractivity contribution in [1.82, 2.24) is 0 Å². The molecule has 0 spiro atoms. The molecule has 0 aromatic heterocycles. The van der Waals surface area contributed by atoms with Crippen molar-refractivity contribution in [3.8, 4) is 0 Å². The molecule has 0 saturated carbocycles. The smallest absolute Gasteiger partial charge is 0.255 e. The number of benzene rings is 2. The van der Waals surface area contributed by atoms with Crippen LogP contribution >= 0.6 is 46.4 Å². The van der Waals surface area contributed by atoms with E-state index in [4.69, 9.17) is 52.1 Å². The number of nitrogens with one attached hydrogen (secondary N) is 1. The summed E-state index contributed by atoms with van der Waals surface area (Å²) < 4.78 is 0. The number of anilines is 2. The maximum Gasteiger partial charge on any atom is 0.255 e. The number of nitrogens with two attached hydrogens (primary N) is 1. The van der Waals surface area contributed by atoms with E-state index in [1.54, 1.807) is 0 Å². The third kappa shape index (κ3) is 3.49. The molecule has 0 bridgehead atoms. The van der Waals surface area contributed by atoms with E-state index in [0.717, 1.165) is 0 Å². The molecule has 0 aliphatic heterocycles. The lowest BCUT2D eigenvalue weighted by Gasteiger charge is -2.11. The Kier molecular flexibility index (Phi) is 4.66. The summed E-state index contributed by atoms with van der Waals surface area (Å²) in [7, 11) is 0. The number of nitrogen functional groups attached to an aromatic ring is 1. The first kappa shape index (κ1) is 15.3. The van der Waals surface area contributed by atoms with Crippen LogP contribution in [0.15, 0.2) is 30.3 Å². The van der Waals surface area contributed by atoms with Crippen molar-refractivity contribution >= 4 is 63.7 Å². The molecule has 0 fully saturated rings. The Hall–Kier alpha value is -1.13. The lowest BCUT2D eigenvalue weighted by atomic mass is 10.2. The summed E-state index contributed by atoms with van der Waals surface area (Å²) >= 11 is 23.5. The summed E-state index contributed by atoms with van der Waals surface area (Å²) in [5.74, 6) is -0.426. The highest BCUT2D eigenvalue weighted by atomic mass is 35.5. The van der Waals surface area contributed by atoms with Crippen LogP contribution in [0.25, 0.3) is 0 Å². The van der Waals surface area contributed by atoms with Crippen molar-refractivity contribution in [3.05, 3.63) is 56.0 Å². The molecule has 7 heteroatoms. The summed E-state index contributed by atoms with van der Waals surface area (Å²) in [6, 6.07) is 7.49. The second-order valence-electron chi connectivity index (χ2n) is 3.96. The molecule has 104 valence electrons. The second-order valence-corrected chi connectivity index (χ2v) is 5.68. The van der Waals surface area contributed by atoms with Crippen LogP contribution < -0.4 is 11.1 Å². The molecule has 0 atom stereocenters. The zero-order chi connectivity index (χ0) is 14.9. The Balaban J connectivity index is 2.32. The molecule has 20 heavy (non-hydrogen) atoms. The van der Waals surface area contributed by atoms with Gasteiger partial charge in [0.05, 0.1) is 16.4 Å². The van der Waals surface area contributed by atoms with Gasteiger partial charge in [0.15, 0.2) is 0 Å². The van der Waals surface area contributed by atoms with Crippen molar-refractivity contribution in [2.75, 3.05) is 11.1 Å². The molecule has 0 heterocycles. The molecule has 2 rings (SSSR count). The van der Waals surface area contributed by atoms with Crippen LogP contribution in [0.3, 0.4) is 0 Å². The minimum Gasteiger partial charge on any atom is -0.397 e. The van der Waals surface area contributed by atoms with Crippen LogP contribution in [0, 0.1) is 0 Å². The summed E-state index contributed by atoms with van der Waals surface area (Å²) in [6.45, 7) is 0. The molecular formula is C13H8Cl4N2O. The van der Waals surface area contributed by atoms with E-state index in [9.17, 15) is 4.79 Å². The predicted octanol–water partition coefficient (Wildman–Crippen LogP) is 5.13. The molecule has 0 aliphatic rings. The third-order valence-corrected chi connectivity index (χ3v) is 3.40. The first-order valence-corrected chi connectivity index (χ1v) is 6.90. The van der Waals surface area contributed by atoms with Crippen LogP contribution in [-0.4, -0.2) is 5.91 Å². The lowest BCUT2D eigenvalue weighted by Crippen LogP contribution is -2.13. The van der Waals surface area contributed by atoms with Crippen LogP contribution in [0.4, 0.5) is 11.4 Å². The molecule has 3 N–H and O–H groups in total. The van der Waals surface area contributed by atoms with Gasteiger partial charge >= 0.3 is 0 Å². The van der Waals surface area contributed by atoms with Gasteiger partial charge in [0.2, 0.25) is 0 Å². The summed E-state index contributed by atoms with van der Waals surface area (Å²) in [5.41, 5.74) is 6.63. The van der Waals surface area contributed by atoms with Gasteiger partial charge in [0.1, 0.15) is 0 Å². The van der Waals surface area contributed by atoms with Crippen molar-refractivity contribution in [2.24, 2.45) is 0 Å². The Bertz CT molecular complexity index is 645. The monoisotopic (exact) mass is 348 g/mol. The van der Waals surface area contributed by atoms with Gasteiger partial charge in [-0.15, -0.1) is 0 Å². The summed E-state index contributed by atoms with van der Waals surface area (Å²) in [6.07, 6.45) is 0. The van der Waals surface area contributed by atoms with Gasteiger partial charge in [-0.05, 0) is 30.3 Å². The van der Waals surface area contributed by atoms with E-state index < -0.39 is 5.91 Å². The minimum absolute atomic E-state index is 0.247. The van der Waals surface area contributed by atoms with Crippen molar-refractivity contribution in [3.63, 3.8) is 0 Å². The number of amides is 1. The van der Waals surface area contributed by atoms with Crippen LogP contribution in [-0.2, 0) is 0 Å². The lowest BCUT2D eigenvalue weighted by molar-refractivity contribution is 0.102. The molecule has 0 unspecified atom stereocenters. The highest BCUT2D eigenvalue weighted by molar-refractivity contribution is 6.38. The normalized spacial score (nSPS) is 10.4. The third-order valence-electron chi connectivity index (χ3n) is 2.45. The highest BCUT2D eigenvalue weighted by Crippen LogP contribution is 2.32. The summed E-state index contributed by atoms with van der Waals surface area (Å²) in [4.78, 5) is 12.1. The zero-order valence-electron chi connectivity index (χ0n) is 9.88. The second kappa shape index (κ2) is 6.10. The SMILES string of the molecule is Nc1cc(Cl)cc(Cl)c1NC(=O)c1cc(Cl)cc(Cl)c1. The minimum atomic E-state index is -0.426. The van der Waals surface area contributed by atoms with Gasteiger partial charge in [-0.2, -0.15) is 0 Å². The van der Waals surface area contributed by atoms with E-state index in [1.165, 1.54) is 30.3 Å². The van der Waals surface area contributed by atoms with Gasteiger partial charge < -0.3 is 11.1 Å². The van der Waals surface area contributed by atoms with E-state index in [-0.39, 0.29) is 16.4 Å². The van der Waals surface area contributed by atoms with E-state index >= 15 is 0 Å². The molecule has 1 amide bonds. The average molecular weight is 350 g/mol. The first-order chi connectivity index (χ1) is 9.36. The van der Waals surface area contributed by atoms with E-state index in [2.05, 4.69) is 5.32 Å². The Labute approximate surface area is 135 Å². The quantitative estimate of drug-likeness (QED) is 0.738.